The molecule has 0 aromatic heterocycles. The van der Waals surface area contributed by atoms with E-state index in [1.165, 1.54) is 0 Å². The molecule has 0 rings (SSSR count). The van der Waals surface area contributed by atoms with Gasteiger partial charge in [-0.3, -0.25) is 4.99 Å². The zero-order valence-corrected chi connectivity index (χ0v) is 6.96. The molecule has 0 aliphatic rings. The van der Waals surface area contributed by atoms with Crippen LogP contribution in [0, 0.1) is 0 Å². The van der Waals surface area contributed by atoms with E-state index in [0.29, 0.717) is 6.04 Å². The van der Waals surface area contributed by atoms with E-state index in [1.807, 2.05) is 19.9 Å². The first kappa shape index (κ1) is 9.21. The van der Waals surface area contributed by atoms with E-state index in [2.05, 4.69) is 23.3 Å². The van der Waals surface area contributed by atoms with Crippen molar-refractivity contribution in [3.05, 3.63) is 12.2 Å². The van der Waals surface area contributed by atoms with Crippen LogP contribution in [0.3, 0.4) is 0 Å². The number of hydrogen-bond donors (Lipinski definition) is 1. The topological polar surface area (TPSA) is 24.4 Å². The van der Waals surface area contributed by atoms with Crippen LogP contribution in [-0.2, 0) is 0 Å². The standard InChI is InChI=1S/C8H16N2/c1-4-6-8(3)10-7-9-5-2/h4,6-8H,5H2,1-3H3,(H,9,10). The van der Waals surface area contributed by atoms with Crippen molar-refractivity contribution in [2.45, 2.75) is 26.8 Å². The summed E-state index contributed by atoms with van der Waals surface area (Å²) >= 11 is 0. The summed E-state index contributed by atoms with van der Waals surface area (Å²) in [4.78, 5) is 4.02. The normalized spacial score (nSPS) is 14.7. The fourth-order valence-corrected chi connectivity index (χ4v) is 0.606. The molecule has 2 nitrogen and oxygen atoms in total. The lowest BCUT2D eigenvalue weighted by Gasteiger charge is -2.03. The lowest BCUT2D eigenvalue weighted by molar-refractivity contribution is 0.813. The molecule has 1 N–H and O–H groups in total. The highest BCUT2D eigenvalue weighted by Gasteiger charge is 1.86. The molecule has 1 atom stereocenters. The van der Waals surface area contributed by atoms with Crippen molar-refractivity contribution in [1.82, 2.24) is 5.32 Å². The minimum absolute atomic E-state index is 0.389. The predicted octanol–water partition coefficient (Wildman–Crippen LogP) is 1.59. The van der Waals surface area contributed by atoms with Crippen LogP contribution in [-0.4, -0.2) is 18.9 Å². The number of allylic oxidation sites excluding steroid dienone is 1. The first-order valence-electron chi connectivity index (χ1n) is 3.68. The van der Waals surface area contributed by atoms with Crippen molar-refractivity contribution in [1.29, 1.82) is 0 Å². The van der Waals surface area contributed by atoms with Crippen molar-refractivity contribution < 1.29 is 0 Å². The molecule has 0 saturated carbocycles. The first-order valence-corrected chi connectivity index (χ1v) is 3.68. The van der Waals surface area contributed by atoms with Gasteiger partial charge < -0.3 is 5.32 Å². The summed E-state index contributed by atoms with van der Waals surface area (Å²) in [6.45, 7) is 6.95. The molecule has 1 unspecified atom stereocenters. The number of nitrogens with zero attached hydrogens (tertiary/aromatic N) is 1. The summed E-state index contributed by atoms with van der Waals surface area (Å²) in [5.41, 5.74) is 0. The highest BCUT2D eigenvalue weighted by molar-refractivity contribution is 5.54. The highest BCUT2D eigenvalue weighted by Crippen LogP contribution is 1.80. The largest absolute Gasteiger partial charge is 0.371 e. The second-order valence-electron chi connectivity index (χ2n) is 2.11. The highest BCUT2D eigenvalue weighted by atomic mass is 14.9. The molecule has 0 amide bonds. The Balaban J connectivity index is 3.38. The lowest BCUT2D eigenvalue weighted by atomic mass is 10.3. The number of nitrogens with one attached hydrogen (secondary N) is 1. The van der Waals surface area contributed by atoms with Crippen molar-refractivity contribution in [2.24, 2.45) is 4.99 Å². The van der Waals surface area contributed by atoms with Crippen LogP contribution in [0.15, 0.2) is 17.1 Å². The summed E-state index contributed by atoms with van der Waals surface area (Å²) in [6.07, 6.45) is 5.86. The third-order valence-corrected chi connectivity index (χ3v) is 1.09. The van der Waals surface area contributed by atoms with Gasteiger partial charge >= 0.3 is 0 Å². The molecular formula is C8H16N2. The molecule has 0 bridgehead atoms. The molecule has 2 heteroatoms. The fourth-order valence-electron chi connectivity index (χ4n) is 0.606. The zero-order valence-electron chi connectivity index (χ0n) is 6.96. The third kappa shape index (κ3) is 5.35. The van der Waals surface area contributed by atoms with E-state index < -0.39 is 0 Å². The molecule has 10 heavy (non-hydrogen) atoms. The third-order valence-electron chi connectivity index (χ3n) is 1.09. The SMILES string of the molecule is CC=CC(C)NC=NCC. The minimum atomic E-state index is 0.389. The maximum atomic E-state index is 4.02. The Bertz CT molecular complexity index is 116. The number of rotatable bonds is 4. The Labute approximate surface area is 63.0 Å². The molecule has 58 valence electrons. The van der Waals surface area contributed by atoms with Crippen LogP contribution in [0.1, 0.15) is 20.8 Å². The molecule has 0 aromatic carbocycles. The second-order valence-corrected chi connectivity index (χ2v) is 2.11. The van der Waals surface area contributed by atoms with Gasteiger partial charge in [0.05, 0.1) is 6.34 Å². The molecule has 0 fully saturated rings. The summed E-state index contributed by atoms with van der Waals surface area (Å²) in [5, 5.41) is 3.11. The second kappa shape index (κ2) is 6.33. The van der Waals surface area contributed by atoms with E-state index in [9.17, 15) is 0 Å². The van der Waals surface area contributed by atoms with Crippen LogP contribution in [0.2, 0.25) is 0 Å². The Morgan fingerprint density at radius 3 is 2.80 bits per heavy atom. The van der Waals surface area contributed by atoms with Crippen LogP contribution in [0.4, 0.5) is 0 Å². The summed E-state index contributed by atoms with van der Waals surface area (Å²) in [5.74, 6) is 0. The van der Waals surface area contributed by atoms with Gasteiger partial charge in [0.15, 0.2) is 0 Å². The van der Waals surface area contributed by atoms with Gasteiger partial charge in [-0.25, -0.2) is 0 Å². The van der Waals surface area contributed by atoms with Crippen LogP contribution in [0.5, 0.6) is 0 Å². The van der Waals surface area contributed by atoms with Gasteiger partial charge in [-0.05, 0) is 20.8 Å². The van der Waals surface area contributed by atoms with Gasteiger partial charge in [0.2, 0.25) is 0 Å². The molecule has 0 saturated heterocycles. The molecule has 0 aromatic rings. The van der Waals surface area contributed by atoms with Crippen LogP contribution < -0.4 is 5.32 Å². The van der Waals surface area contributed by atoms with Crippen molar-refractivity contribution >= 4 is 6.34 Å². The summed E-state index contributed by atoms with van der Waals surface area (Å²) < 4.78 is 0. The summed E-state index contributed by atoms with van der Waals surface area (Å²) in [7, 11) is 0. The van der Waals surface area contributed by atoms with Crippen molar-refractivity contribution in [3.63, 3.8) is 0 Å². The monoisotopic (exact) mass is 140 g/mol. The van der Waals surface area contributed by atoms with E-state index in [4.69, 9.17) is 0 Å². The Kier molecular flexibility index (Phi) is 5.83. The van der Waals surface area contributed by atoms with Gasteiger partial charge in [0, 0.05) is 12.6 Å². The Morgan fingerprint density at radius 1 is 1.60 bits per heavy atom. The van der Waals surface area contributed by atoms with Gasteiger partial charge in [-0.15, -0.1) is 0 Å². The van der Waals surface area contributed by atoms with Crippen LogP contribution >= 0.6 is 0 Å². The number of hydrogen-bond acceptors (Lipinski definition) is 1. The molecule has 0 spiro atoms. The number of aliphatic imine (C=N–C) groups is 1. The van der Waals surface area contributed by atoms with Gasteiger partial charge in [-0.1, -0.05) is 12.2 Å². The summed E-state index contributed by atoms with van der Waals surface area (Å²) in [6, 6.07) is 0.389. The van der Waals surface area contributed by atoms with E-state index in [0.717, 1.165) is 6.54 Å². The lowest BCUT2D eigenvalue weighted by Crippen LogP contribution is -2.21. The quantitative estimate of drug-likeness (QED) is 0.358. The Morgan fingerprint density at radius 2 is 2.30 bits per heavy atom. The average Bonchev–Trinajstić information content (AvgIpc) is 1.89. The molecule has 0 heterocycles. The zero-order chi connectivity index (χ0) is 7.82. The fraction of sp³-hybridized carbons (Fsp3) is 0.625. The van der Waals surface area contributed by atoms with Gasteiger partial charge in [0.1, 0.15) is 0 Å². The van der Waals surface area contributed by atoms with Gasteiger partial charge in [0.25, 0.3) is 0 Å². The van der Waals surface area contributed by atoms with Crippen molar-refractivity contribution in [3.8, 4) is 0 Å². The smallest absolute Gasteiger partial charge is 0.0828 e. The average molecular weight is 140 g/mol. The van der Waals surface area contributed by atoms with E-state index >= 15 is 0 Å². The van der Waals surface area contributed by atoms with Crippen LogP contribution in [0.25, 0.3) is 0 Å². The Hall–Kier alpha value is -0.790. The first-order chi connectivity index (χ1) is 4.81. The molecule has 0 aliphatic carbocycles. The predicted molar refractivity (Wildman–Crippen MR) is 46.4 cm³/mol. The molecule has 0 aliphatic heterocycles. The van der Waals surface area contributed by atoms with E-state index in [-0.39, 0.29) is 0 Å². The van der Waals surface area contributed by atoms with Crippen molar-refractivity contribution in [2.75, 3.05) is 6.54 Å². The maximum absolute atomic E-state index is 4.02. The maximum Gasteiger partial charge on any atom is 0.0828 e. The minimum Gasteiger partial charge on any atom is -0.371 e. The molecular weight excluding hydrogens is 124 g/mol. The van der Waals surface area contributed by atoms with Gasteiger partial charge in [-0.2, -0.15) is 0 Å². The van der Waals surface area contributed by atoms with E-state index in [1.54, 1.807) is 6.34 Å². The molecule has 0 radical (unpaired) electrons.